The molecule has 0 aliphatic heterocycles. The van der Waals surface area contributed by atoms with E-state index in [0.29, 0.717) is 23.2 Å². The molecule has 0 aromatic heterocycles. The predicted octanol–water partition coefficient (Wildman–Crippen LogP) is 5.82. The van der Waals surface area contributed by atoms with E-state index in [2.05, 4.69) is 6.92 Å². The van der Waals surface area contributed by atoms with Crippen molar-refractivity contribution in [1.29, 1.82) is 0 Å². The Hall–Kier alpha value is -0.670. The molecule has 0 radical (unpaired) electrons. The molecule has 0 bridgehead atoms. The molecule has 28 heavy (non-hydrogen) atoms. The number of fused-ring (bicyclic) bond motifs is 5. The molecule has 4 fully saturated rings. The zero-order valence-electron chi connectivity index (χ0n) is 17.9. The second-order valence-corrected chi connectivity index (χ2v) is 10.7. The first-order chi connectivity index (χ1) is 13.5. The van der Waals surface area contributed by atoms with E-state index in [0.717, 1.165) is 49.9 Å². The molecule has 5 rings (SSSR count). The van der Waals surface area contributed by atoms with E-state index in [1.807, 2.05) is 13.2 Å². The minimum atomic E-state index is -0.316. The average molecular weight is 387 g/mol. The summed E-state index contributed by atoms with van der Waals surface area (Å²) < 4.78 is 12.9. The third-order valence-electron chi connectivity index (χ3n) is 9.56. The summed E-state index contributed by atoms with van der Waals surface area (Å²) in [6.45, 7) is 2.54. The van der Waals surface area contributed by atoms with Crippen LogP contribution in [-0.4, -0.2) is 24.8 Å². The van der Waals surface area contributed by atoms with Crippen molar-refractivity contribution < 1.29 is 14.3 Å². The van der Waals surface area contributed by atoms with Crippen LogP contribution < -0.4 is 0 Å². The zero-order valence-corrected chi connectivity index (χ0v) is 17.9. The molecule has 3 heteroatoms. The number of allylic oxidation sites excluding steroid dienone is 1. The summed E-state index contributed by atoms with van der Waals surface area (Å²) in [6.07, 6.45) is 17.8. The van der Waals surface area contributed by atoms with Crippen molar-refractivity contribution in [3.63, 3.8) is 0 Å². The smallest absolute Gasteiger partial charge is 0.168 e. The number of ketones is 1. The van der Waals surface area contributed by atoms with Crippen molar-refractivity contribution in [2.75, 3.05) is 7.11 Å². The SMILES string of the molecule is COC1(OC2CCC3C4CCC5=CC(=O)CCC5C4CCC23C)CCCCC1. The van der Waals surface area contributed by atoms with Gasteiger partial charge >= 0.3 is 0 Å². The summed E-state index contributed by atoms with van der Waals surface area (Å²) in [5.41, 5.74) is 1.81. The maximum Gasteiger partial charge on any atom is 0.168 e. The summed E-state index contributed by atoms with van der Waals surface area (Å²) in [4.78, 5) is 11.9. The number of carbonyl (C=O) groups excluding carboxylic acids is 1. The largest absolute Gasteiger partial charge is 0.353 e. The molecule has 0 amide bonds. The van der Waals surface area contributed by atoms with Gasteiger partial charge in [-0.15, -0.1) is 0 Å². The van der Waals surface area contributed by atoms with Crippen molar-refractivity contribution in [3.8, 4) is 0 Å². The average Bonchev–Trinajstić information content (AvgIpc) is 3.04. The van der Waals surface area contributed by atoms with Crippen LogP contribution in [0.1, 0.15) is 90.4 Å². The molecule has 156 valence electrons. The van der Waals surface area contributed by atoms with Gasteiger partial charge in [0.2, 0.25) is 0 Å². The lowest BCUT2D eigenvalue weighted by Crippen LogP contribution is -2.50. The first-order valence-corrected chi connectivity index (χ1v) is 12.0. The molecule has 6 atom stereocenters. The van der Waals surface area contributed by atoms with Gasteiger partial charge in [-0.25, -0.2) is 0 Å². The van der Waals surface area contributed by atoms with Crippen molar-refractivity contribution in [1.82, 2.24) is 0 Å². The van der Waals surface area contributed by atoms with Crippen LogP contribution in [0.4, 0.5) is 0 Å². The quantitative estimate of drug-likeness (QED) is 0.573. The molecule has 3 nitrogen and oxygen atoms in total. The Morgan fingerprint density at radius 1 is 0.929 bits per heavy atom. The third kappa shape index (κ3) is 3.03. The maximum absolute atomic E-state index is 11.9. The third-order valence-corrected chi connectivity index (χ3v) is 9.56. The topological polar surface area (TPSA) is 35.5 Å². The summed E-state index contributed by atoms with van der Waals surface area (Å²) in [6, 6.07) is 0. The lowest BCUT2D eigenvalue weighted by atomic mass is 9.52. The normalized spacial score (nSPS) is 45.0. The second-order valence-electron chi connectivity index (χ2n) is 10.7. The molecule has 0 saturated heterocycles. The highest BCUT2D eigenvalue weighted by molar-refractivity contribution is 5.91. The van der Waals surface area contributed by atoms with E-state index < -0.39 is 0 Å². The fraction of sp³-hybridized carbons (Fsp3) is 0.880. The molecular formula is C25H38O3. The number of rotatable bonds is 3. The van der Waals surface area contributed by atoms with Gasteiger partial charge in [-0.3, -0.25) is 4.79 Å². The van der Waals surface area contributed by atoms with Gasteiger partial charge in [-0.05, 0) is 93.0 Å². The Morgan fingerprint density at radius 2 is 1.75 bits per heavy atom. The van der Waals surface area contributed by atoms with Gasteiger partial charge in [-0.1, -0.05) is 18.9 Å². The van der Waals surface area contributed by atoms with Crippen LogP contribution in [0.15, 0.2) is 11.6 Å². The van der Waals surface area contributed by atoms with E-state index in [1.165, 1.54) is 56.9 Å². The molecule has 0 aromatic rings. The Morgan fingerprint density at radius 3 is 2.54 bits per heavy atom. The van der Waals surface area contributed by atoms with Crippen LogP contribution in [0.2, 0.25) is 0 Å². The molecule has 0 spiro atoms. The highest BCUT2D eigenvalue weighted by Crippen LogP contribution is 2.63. The first-order valence-electron chi connectivity index (χ1n) is 12.0. The highest BCUT2D eigenvalue weighted by Gasteiger charge is 2.58. The minimum Gasteiger partial charge on any atom is -0.353 e. The van der Waals surface area contributed by atoms with Crippen LogP contribution in [0.5, 0.6) is 0 Å². The maximum atomic E-state index is 11.9. The number of hydrogen-bond acceptors (Lipinski definition) is 3. The Kier molecular flexibility index (Phi) is 4.99. The minimum absolute atomic E-state index is 0.315. The van der Waals surface area contributed by atoms with Gasteiger partial charge in [0.05, 0.1) is 6.10 Å². The van der Waals surface area contributed by atoms with E-state index in [9.17, 15) is 4.79 Å². The molecule has 6 unspecified atom stereocenters. The van der Waals surface area contributed by atoms with Crippen molar-refractivity contribution >= 4 is 5.78 Å². The second kappa shape index (κ2) is 7.23. The van der Waals surface area contributed by atoms with Gasteiger partial charge < -0.3 is 9.47 Å². The first kappa shape index (κ1) is 19.3. The number of ether oxygens (including phenoxy) is 2. The lowest BCUT2D eigenvalue weighted by Gasteiger charge is -2.54. The molecule has 0 heterocycles. The van der Waals surface area contributed by atoms with Crippen molar-refractivity contribution in [2.45, 2.75) is 102 Å². The van der Waals surface area contributed by atoms with E-state index >= 15 is 0 Å². The molecule has 4 saturated carbocycles. The van der Waals surface area contributed by atoms with Crippen LogP contribution in [0.3, 0.4) is 0 Å². The zero-order chi connectivity index (χ0) is 19.4. The van der Waals surface area contributed by atoms with E-state index in [1.54, 1.807) is 0 Å². The fourth-order valence-electron chi connectivity index (χ4n) is 8.05. The van der Waals surface area contributed by atoms with Crippen molar-refractivity contribution in [3.05, 3.63) is 11.6 Å². The standard InChI is InChI=1S/C25H38O3/c1-24-15-12-20-19-9-7-18(26)16-17(19)6-8-21(20)22(24)10-11-23(24)28-25(27-2)13-4-3-5-14-25/h16,19-23H,3-15H2,1-2H3. The van der Waals surface area contributed by atoms with Crippen LogP contribution in [-0.2, 0) is 14.3 Å². The predicted molar refractivity (Wildman–Crippen MR) is 110 cm³/mol. The van der Waals surface area contributed by atoms with E-state index in [-0.39, 0.29) is 5.79 Å². The van der Waals surface area contributed by atoms with Crippen LogP contribution in [0, 0.1) is 29.1 Å². The fourth-order valence-corrected chi connectivity index (χ4v) is 8.05. The molecular weight excluding hydrogens is 348 g/mol. The molecule has 5 aliphatic rings. The van der Waals surface area contributed by atoms with Crippen molar-refractivity contribution in [2.24, 2.45) is 29.1 Å². The summed E-state index contributed by atoms with van der Waals surface area (Å²) >= 11 is 0. The molecule has 0 aromatic carbocycles. The summed E-state index contributed by atoms with van der Waals surface area (Å²) in [5.74, 6) is 3.21. The van der Waals surface area contributed by atoms with Crippen LogP contribution >= 0.6 is 0 Å². The van der Waals surface area contributed by atoms with Gasteiger partial charge in [0.15, 0.2) is 11.6 Å². The van der Waals surface area contributed by atoms with Gasteiger partial charge in [0.1, 0.15) is 0 Å². The van der Waals surface area contributed by atoms with Crippen LogP contribution in [0.25, 0.3) is 0 Å². The van der Waals surface area contributed by atoms with Gasteiger partial charge in [-0.2, -0.15) is 0 Å². The van der Waals surface area contributed by atoms with Gasteiger partial charge in [0, 0.05) is 26.4 Å². The number of hydrogen-bond donors (Lipinski definition) is 0. The molecule has 0 N–H and O–H groups in total. The summed E-state index contributed by atoms with van der Waals surface area (Å²) in [5, 5.41) is 0. The Labute approximate surface area is 170 Å². The number of methoxy groups -OCH3 is 1. The van der Waals surface area contributed by atoms with E-state index in [4.69, 9.17) is 9.47 Å². The monoisotopic (exact) mass is 386 g/mol. The lowest BCUT2D eigenvalue weighted by molar-refractivity contribution is -0.279. The van der Waals surface area contributed by atoms with Gasteiger partial charge in [0.25, 0.3) is 0 Å². The summed E-state index contributed by atoms with van der Waals surface area (Å²) in [7, 11) is 1.86. The Balaban J connectivity index is 1.34. The highest BCUT2D eigenvalue weighted by atomic mass is 16.7. The Bertz CT molecular complexity index is 646. The number of carbonyl (C=O) groups is 1. The molecule has 5 aliphatic carbocycles.